The Bertz CT molecular complexity index is 1090. The molecule has 0 saturated carbocycles. The summed E-state index contributed by atoms with van der Waals surface area (Å²) in [5.74, 6) is -2.04. The van der Waals surface area contributed by atoms with Gasteiger partial charge in [0.25, 0.3) is 0 Å². The molecular weight excluding hydrogens is 532 g/mol. The third-order valence-corrected chi connectivity index (χ3v) is 6.76. The first-order valence-electron chi connectivity index (χ1n) is 14.6. The first kappa shape index (κ1) is 34.5. The van der Waals surface area contributed by atoms with Crippen LogP contribution in [-0.4, -0.2) is 54.8 Å². The molecule has 0 bridgehead atoms. The number of hydrogen-bond acceptors (Lipinski definition) is 6. The number of carbonyl (C=O) groups excluding carboxylic acids is 3. The third-order valence-electron chi connectivity index (χ3n) is 6.76. The van der Waals surface area contributed by atoms with Gasteiger partial charge in [-0.05, 0) is 50.2 Å². The largest absolute Gasteiger partial charge is 0.463 e. The molecular formula is C34H46N2O6. The fourth-order valence-corrected chi connectivity index (χ4v) is 4.44. The number of ether oxygens (including phenoxy) is 2. The molecule has 3 N–H and O–H groups in total. The van der Waals surface area contributed by atoms with Crippen LogP contribution >= 0.6 is 0 Å². The highest BCUT2D eigenvalue weighted by Gasteiger charge is 2.26. The summed E-state index contributed by atoms with van der Waals surface area (Å²) >= 11 is 0. The van der Waals surface area contributed by atoms with E-state index >= 15 is 0 Å². The van der Waals surface area contributed by atoms with E-state index in [-0.39, 0.29) is 56.4 Å². The van der Waals surface area contributed by atoms with Crippen LogP contribution in [0.3, 0.4) is 0 Å². The van der Waals surface area contributed by atoms with Crippen molar-refractivity contribution in [2.24, 2.45) is 11.8 Å². The van der Waals surface area contributed by atoms with Gasteiger partial charge in [-0.15, -0.1) is 13.2 Å². The molecule has 0 aliphatic rings. The minimum Gasteiger partial charge on any atom is -0.463 e. The van der Waals surface area contributed by atoms with E-state index in [4.69, 9.17) is 9.47 Å². The molecule has 4 unspecified atom stereocenters. The van der Waals surface area contributed by atoms with Crippen molar-refractivity contribution in [3.63, 3.8) is 0 Å². The van der Waals surface area contributed by atoms with Gasteiger partial charge in [0.05, 0.1) is 37.7 Å². The minimum atomic E-state index is -0.676. The molecule has 0 heterocycles. The number of benzene rings is 2. The second-order valence-corrected chi connectivity index (χ2v) is 10.5. The van der Waals surface area contributed by atoms with E-state index in [0.717, 1.165) is 24.0 Å². The highest BCUT2D eigenvalue weighted by Crippen LogP contribution is 2.18. The zero-order valence-electron chi connectivity index (χ0n) is 24.7. The number of hydrogen-bond donors (Lipinski definition) is 3. The molecule has 2 rings (SSSR count). The van der Waals surface area contributed by atoms with Crippen molar-refractivity contribution in [2.75, 3.05) is 19.8 Å². The van der Waals surface area contributed by atoms with Crippen LogP contribution in [0.4, 0.5) is 0 Å². The molecule has 42 heavy (non-hydrogen) atoms. The normalized spacial score (nSPS) is 13.7. The Morgan fingerprint density at radius 2 is 1.57 bits per heavy atom. The SMILES string of the molecule is C=CCCCC(Cc1ccccc1)C(=O)OCC(COCc1ccccc1)NC(=O)C(CC=C)CC(=O)NC(C)CO. The van der Waals surface area contributed by atoms with Crippen molar-refractivity contribution >= 4 is 17.8 Å². The standard InChI is InChI=1S/C34H46N2O6/c1-4-6-9-19-30(20-27-15-10-7-11-16-27)34(40)42-25-31(24-41-23-28-17-12-8-13-18-28)36-33(39)29(14-5-2)21-32(38)35-26(3)22-37/h4-5,7-8,10-13,15-18,26,29-31,37H,1-2,6,9,14,19-25H2,3H3,(H,35,38)(H,36,39). The number of esters is 1. The highest BCUT2D eigenvalue weighted by atomic mass is 16.5. The lowest BCUT2D eigenvalue weighted by Gasteiger charge is -2.24. The van der Waals surface area contributed by atoms with Gasteiger partial charge >= 0.3 is 5.97 Å². The molecule has 8 heteroatoms. The van der Waals surface area contributed by atoms with Crippen LogP contribution in [0.25, 0.3) is 0 Å². The summed E-state index contributed by atoms with van der Waals surface area (Å²) in [6.07, 6.45) is 6.48. The number of carbonyl (C=O) groups is 3. The van der Waals surface area contributed by atoms with Gasteiger partial charge in [0.2, 0.25) is 11.8 Å². The fourth-order valence-electron chi connectivity index (χ4n) is 4.44. The summed E-state index contributed by atoms with van der Waals surface area (Å²) in [6.45, 7) is 9.35. The summed E-state index contributed by atoms with van der Waals surface area (Å²) in [4.78, 5) is 38.9. The van der Waals surface area contributed by atoms with Crippen molar-refractivity contribution in [3.05, 3.63) is 97.1 Å². The molecule has 0 fully saturated rings. The van der Waals surface area contributed by atoms with Crippen molar-refractivity contribution in [2.45, 2.75) is 64.1 Å². The molecule has 2 aromatic carbocycles. The van der Waals surface area contributed by atoms with E-state index in [0.29, 0.717) is 19.4 Å². The van der Waals surface area contributed by atoms with Gasteiger partial charge in [-0.3, -0.25) is 14.4 Å². The molecule has 0 aliphatic carbocycles. The second-order valence-electron chi connectivity index (χ2n) is 10.5. The van der Waals surface area contributed by atoms with E-state index < -0.39 is 18.0 Å². The molecule has 2 aromatic rings. The fraction of sp³-hybridized carbons (Fsp3) is 0.441. The number of aliphatic hydroxyl groups excluding tert-OH is 1. The highest BCUT2D eigenvalue weighted by molar-refractivity contribution is 5.86. The zero-order chi connectivity index (χ0) is 30.6. The predicted molar refractivity (Wildman–Crippen MR) is 164 cm³/mol. The van der Waals surface area contributed by atoms with Crippen LogP contribution in [0.2, 0.25) is 0 Å². The average Bonchev–Trinajstić information content (AvgIpc) is 2.99. The molecule has 0 aromatic heterocycles. The number of nitrogens with one attached hydrogen (secondary N) is 2. The van der Waals surface area contributed by atoms with Gasteiger partial charge in [0, 0.05) is 12.5 Å². The lowest BCUT2D eigenvalue weighted by Crippen LogP contribution is -2.46. The molecule has 228 valence electrons. The van der Waals surface area contributed by atoms with E-state index in [2.05, 4.69) is 23.8 Å². The van der Waals surface area contributed by atoms with Crippen molar-refractivity contribution < 1.29 is 29.0 Å². The van der Waals surface area contributed by atoms with Gasteiger partial charge in [-0.25, -0.2) is 0 Å². The van der Waals surface area contributed by atoms with Crippen LogP contribution in [0.5, 0.6) is 0 Å². The number of aliphatic hydroxyl groups is 1. The first-order valence-corrected chi connectivity index (χ1v) is 14.6. The Labute approximate surface area is 250 Å². The van der Waals surface area contributed by atoms with Gasteiger partial charge in [-0.1, -0.05) is 72.8 Å². The molecule has 2 amide bonds. The molecule has 0 spiro atoms. The molecule has 0 aliphatic heterocycles. The van der Waals surface area contributed by atoms with Crippen LogP contribution in [0, 0.1) is 11.8 Å². The van der Waals surface area contributed by atoms with Crippen molar-refractivity contribution in [1.29, 1.82) is 0 Å². The Hall–Kier alpha value is -3.75. The van der Waals surface area contributed by atoms with Crippen LogP contribution in [-0.2, 0) is 36.9 Å². The van der Waals surface area contributed by atoms with Crippen molar-refractivity contribution in [3.8, 4) is 0 Å². The predicted octanol–water partition coefficient (Wildman–Crippen LogP) is 4.53. The van der Waals surface area contributed by atoms with Gasteiger partial charge in [0.15, 0.2) is 0 Å². The maximum atomic E-state index is 13.3. The summed E-state index contributed by atoms with van der Waals surface area (Å²) in [7, 11) is 0. The summed E-state index contributed by atoms with van der Waals surface area (Å²) in [6, 6.07) is 18.4. The lowest BCUT2D eigenvalue weighted by atomic mass is 9.94. The average molecular weight is 579 g/mol. The molecule has 0 radical (unpaired) electrons. The zero-order valence-corrected chi connectivity index (χ0v) is 24.7. The van der Waals surface area contributed by atoms with Gasteiger partial charge < -0.3 is 25.2 Å². The quantitative estimate of drug-likeness (QED) is 0.114. The first-order chi connectivity index (χ1) is 20.4. The lowest BCUT2D eigenvalue weighted by molar-refractivity contribution is -0.150. The summed E-state index contributed by atoms with van der Waals surface area (Å²) in [5, 5.41) is 14.8. The number of allylic oxidation sites excluding steroid dienone is 2. The minimum absolute atomic E-state index is 0.0674. The summed E-state index contributed by atoms with van der Waals surface area (Å²) < 4.78 is 11.7. The van der Waals surface area contributed by atoms with E-state index in [1.807, 2.05) is 66.7 Å². The second kappa shape index (κ2) is 20.2. The van der Waals surface area contributed by atoms with Crippen molar-refractivity contribution in [1.82, 2.24) is 10.6 Å². The van der Waals surface area contributed by atoms with Crippen LogP contribution in [0.15, 0.2) is 86.0 Å². The van der Waals surface area contributed by atoms with Crippen LogP contribution in [0.1, 0.15) is 50.2 Å². The smallest absolute Gasteiger partial charge is 0.309 e. The van der Waals surface area contributed by atoms with Gasteiger partial charge in [-0.2, -0.15) is 0 Å². The summed E-state index contributed by atoms with van der Waals surface area (Å²) in [5.41, 5.74) is 2.03. The van der Waals surface area contributed by atoms with Gasteiger partial charge in [0.1, 0.15) is 6.61 Å². The number of unbranched alkanes of at least 4 members (excludes halogenated alkanes) is 1. The Morgan fingerprint density at radius 3 is 2.19 bits per heavy atom. The van der Waals surface area contributed by atoms with E-state index in [1.54, 1.807) is 13.0 Å². The van der Waals surface area contributed by atoms with Crippen LogP contribution < -0.4 is 10.6 Å². The third kappa shape index (κ3) is 13.7. The maximum Gasteiger partial charge on any atom is 0.309 e. The molecule has 0 saturated heterocycles. The Kier molecular flexibility index (Phi) is 16.6. The van der Waals surface area contributed by atoms with E-state index in [1.165, 1.54) is 0 Å². The van der Waals surface area contributed by atoms with E-state index in [9.17, 15) is 19.5 Å². The monoisotopic (exact) mass is 578 g/mol. The molecule has 8 nitrogen and oxygen atoms in total. The molecule has 4 atom stereocenters. The maximum absolute atomic E-state index is 13.3. The topological polar surface area (TPSA) is 114 Å². The number of rotatable bonds is 21. The number of amides is 2. The Balaban J connectivity index is 2.09. The Morgan fingerprint density at radius 1 is 0.905 bits per heavy atom.